The number of hydrogen-bond donors (Lipinski definition) is 3. The van der Waals surface area contributed by atoms with Crippen molar-refractivity contribution in [3.63, 3.8) is 0 Å². The molecule has 0 radical (unpaired) electrons. The molecule has 2 aromatic heterocycles. The van der Waals surface area contributed by atoms with Crippen molar-refractivity contribution in [3.05, 3.63) is 65.2 Å². The Morgan fingerprint density at radius 2 is 1.73 bits per heavy atom. The normalized spacial score (nSPS) is 15.2. The predicted octanol–water partition coefficient (Wildman–Crippen LogP) is -0.0149. The molecule has 0 saturated carbocycles. The minimum absolute atomic E-state index is 0.248. The van der Waals surface area contributed by atoms with Crippen LogP contribution in [0.3, 0.4) is 0 Å². The largest absolute Gasteiger partial charge is 0.351 e. The summed E-state index contributed by atoms with van der Waals surface area (Å²) in [4.78, 5) is 64.3. The number of hydrogen-bond acceptors (Lipinski definition) is 8. The summed E-state index contributed by atoms with van der Waals surface area (Å²) >= 11 is 0.704. The number of imide groups is 1. The van der Waals surface area contributed by atoms with Gasteiger partial charge in [-0.2, -0.15) is 0 Å². The molecule has 4 rings (SSSR count). The molecule has 1 saturated heterocycles. The van der Waals surface area contributed by atoms with Crippen molar-refractivity contribution >= 4 is 34.7 Å². The maximum atomic E-state index is 13.0. The van der Waals surface area contributed by atoms with Crippen LogP contribution in [0, 0.1) is 0 Å². The highest BCUT2D eigenvalue weighted by atomic mass is 32.2. The van der Waals surface area contributed by atoms with E-state index in [0.29, 0.717) is 23.1 Å². The van der Waals surface area contributed by atoms with Crippen molar-refractivity contribution in [1.82, 2.24) is 35.5 Å². The van der Waals surface area contributed by atoms with E-state index < -0.39 is 40.4 Å². The molecule has 1 fully saturated rings. The number of pyridine rings is 1. The van der Waals surface area contributed by atoms with Gasteiger partial charge in [0.25, 0.3) is 11.1 Å². The zero-order chi connectivity index (χ0) is 23.4. The zero-order valence-corrected chi connectivity index (χ0v) is 17.7. The van der Waals surface area contributed by atoms with Crippen LogP contribution in [0.2, 0.25) is 0 Å². The summed E-state index contributed by atoms with van der Waals surface area (Å²) in [6.45, 7) is -0.476. The lowest BCUT2D eigenvalue weighted by atomic mass is 10.3. The maximum absolute atomic E-state index is 13.0. The van der Waals surface area contributed by atoms with Gasteiger partial charge in [-0.15, -0.1) is 5.10 Å². The summed E-state index contributed by atoms with van der Waals surface area (Å²) in [7, 11) is 0. The van der Waals surface area contributed by atoms with Crippen LogP contribution in [0.1, 0.15) is 6.42 Å². The van der Waals surface area contributed by atoms with Gasteiger partial charge < -0.3 is 0 Å². The average Bonchev–Trinajstić information content (AvgIpc) is 3.31. The van der Waals surface area contributed by atoms with Crippen molar-refractivity contribution in [2.24, 2.45) is 0 Å². The Hall–Kier alpha value is -4.26. The summed E-state index contributed by atoms with van der Waals surface area (Å²) < 4.78 is 2.29. The number of para-hydroxylation sites is 1. The second kappa shape index (κ2) is 9.48. The first-order valence-corrected chi connectivity index (χ1v) is 10.6. The summed E-state index contributed by atoms with van der Waals surface area (Å²) in [6.07, 6.45) is 1.27. The number of carbonyl (C=O) groups excluding carboxylic acids is 4. The Balaban J connectivity index is 1.48. The Kier molecular flexibility index (Phi) is 6.31. The lowest BCUT2D eigenvalue weighted by molar-refractivity contribution is -0.130. The number of thioether (sulfide) groups is 1. The van der Waals surface area contributed by atoms with Crippen molar-refractivity contribution in [3.8, 4) is 17.2 Å². The van der Waals surface area contributed by atoms with Gasteiger partial charge >= 0.3 is 5.69 Å². The molecule has 168 valence electrons. The molecule has 3 heterocycles. The molecule has 0 spiro atoms. The number of rotatable bonds is 6. The third kappa shape index (κ3) is 4.98. The molecule has 3 aromatic rings. The Morgan fingerprint density at radius 1 is 1.00 bits per heavy atom. The summed E-state index contributed by atoms with van der Waals surface area (Å²) in [5, 5.41) is 4.95. The average molecular weight is 467 g/mol. The molecule has 1 aliphatic rings. The molecule has 1 aliphatic heterocycles. The van der Waals surface area contributed by atoms with Gasteiger partial charge in [0, 0.05) is 12.6 Å². The second-order valence-corrected chi connectivity index (χ2v) is 8.01. The van der Waals surface area contributed by atoms with E-state index in [2.05, 4.69) is 26.3 Å². The van der Waals surface area contributed by atoms with E-state index >= 15 is 0 Å². The van der Waals surface area contributed by atoms with E-state index in [-0.39, 0.29) is 12.2 Å². The summed E-state index contributed by atoms with van der Waals surface area (Å²) in [5.74, 6) is -1.69. The third-order valence-corrected chi connectivity index (χ3v) is 5.50. The molecule has 13 heteroatoms. The maximum Gasteiger partial charge on any atom is 0.351 e. The molecular weight excluding hydrogens is 450 g/mol. The van der Waals surface area contributed by atoms with Crippen LogP contribution >= 0.6 is 11.8 Å². The minimum atomic E-state index is -0.862. The van der Waals surface area contributed by atoms with Crippen LogP contribution in [0.15, 0.2) is 59.5 Å². The van der Waals surface area contributed by atoms with E-state index in [1.807, 2.05) is 0 Å². The molecule has 4 amide bonds. The minimum Gasteiger partial charge on any atom is -0.286 e. The first kappa shape index (κ1) is 22.0. The Labute approximate surface area is 190 Å². The molecule has 3 N–H and O–H groups in total. The van der Waals surface area contributed by atoms with E-state index in [1.165, 1.54) is 4.57 Å². The molecule has 33 heavy (non-hydrogen) atoms. The first-order valence-electron chi connectivity index (χ1n) is 9.68. The SMILES string of the molecule is O=C(C[C@@H]1SC(=O)NC1=O)NNC(=O)Cn1nc(-c2ccccn2)n(-c2ccccc2)c1=O. The first-order chi connectivity index (χ1) is 15.9. The molecule has 0 unspecified atom stereocenters. The quantitative estimate of drug-likeness (QED) is 0.427. The van der Waals surface area contributed by atoms with Gasteiger partial charge in [-0.25, -0.2) is 14.0 Å². The fraction of sp³-hybridized carbons (Fsp3) is 0.150. The van der Waals surface area contributed by atoms with Crippen LogP contribution in [0.25, 0.3) is 17.2 Å². The van der Waals surface area contributed by atoms with Gasteiger partial charge in [0.05, 0.1) is 5.69 Å². The van der Waals surface area contributed by atoms with Gasteiger partial charge in [-0.3, -0.25) is 40.3 Å². The fourth-order valence-electron chi connectivity index (χ4n) is 3.04. The van der Waals surface area contributed by atoms with Gasteiger partial charge in [0.1, 0.15) is 17.5 Å². The fourth-order valence-corrected chi connectivity index (χ4v) is 3.86. The number of amides is 4. The van der Waals surface area contributed by atoms with Crippen molar-refractivity contribution in [2.45, 2.75) is 18.2 Å². The van der Waals surface area contributed by atoms with Gasteiger partial charge in [-0.05, 0) is 24.3 Å². The molecule has 0 bridgehead atoms. The molecule has 1 aromatic carbocycles. The van der Waals surface area contributed by atoms with E-state index in [1.54, 1.807) is 54.7 Å². The van der Waals surface area contributed by atoms with Crippen molar-refractivity contribution < 1.29 is 19.2 Å². The lowest BCUT2D eigenvalue weighted by Crippen LogP contribution is -2.45. The topological polar surface area (TPSA) is 157 Å². The van der Waals surface area contributed by atoms with Crippen LogP contribution in [-0.4, -0.2) is 47.5 Å². The number of aromatic nitrogens is 4. The molecule has 0 aliphatic carbocycles. The highest BCUT2D eigenvalue weighted by Gasteiger charge is 2.33. The van der Waals surface area contributed by atoms with Crippen molar-refractivity contribution in [2.75, 3.05) is 0 Å². The van der Waals surface area contributed by atoms with Crippen LogP contribution in [-0.2, 0) is 20.9 Å². The third-order valence-electron chi connectivity index (χ3n) is 4.52. The predicted molar refractivity (Wildman–Crippen MR) is 117 cm³/mol. The monoisotopic (exact) mass is 467 g/mol. The highest BCUT2D eigenvalue weighted by molar-refractivity contribution is 8.15. The number of benzene rings is 1. The van der Waals surface area contributed by atoms with Crippen LogP contribution in [0.4, 0.5) is 4.79 Å². The smallest absolute Gasteiger partial charge is 0.286 e. The highest BCUT2D eigenvalue weighted by Crippen LogP contribution is 2.21. The summed E-state index contributed by atoms with van der Waals surface area (Å²) in [5.41, 5.74) is 4.76. The standard InChI is InChI=1S/C20H17N7O5S/c28-15(10-14-18(30)22-19(31)33-14)23-24-16(29)11-26-20(32)27(12-6-2-1-3-7-12)17(25-26)13-8-4-5-9-21-13/h1-9,14H,10-11H2,(H,23,28)(H,24,29)(H,22,30,31)/t14-/m0/s1. The van der Waals surface area contributed by atoms with Gasteiger partial charge in [0.2, 0.25) is 11.8 Å². The molecule has 1 atom stereocenters. The van der Waals surface area contributed by atoms with Crippen LogP contribution < -0.4 is 21.9 Å². The lowest BCUT2D eigenvalue weighted by Gasteiger charge is -2.08. The number of nitrogens with zero attached hydrogens (tertiary/aromatic N) is 4. The number of nitrogens with one attached hydrogen (secondary N) is 3. The Bertz CT molecular complexity index is 1270. The molecular formula is C20H17N7O5S. The van der Waals surface area contributed by atoms with E-state index in [0.717, 1.165) is 4.68 Å². The zero-order valence-electron chi connectivity index (χ0n) is 16.9. The Morgan fingerprint density at radius 3 is 2.39 bits per heavy atom. The van der Waals surface area contributed by atoms with Crippen molar-refractivity contribution in [1.29, 1.82) is 0 Å². The summed E-state index contributed by atoms with van der Waals surface area (Å²) in [6, 6.07) is 13.9. The number of hydrazine groups is 1. The number of carbonyl (C=O) groups is 4. The molecule has 12 nitrogen and oxygen atoms in total. The van der Waals surface area contributed by atoms with Gasteiger partial charge in [-0.1, -0.05) is 36.0 Å². The second-order valence-electron chi connectivity index (χ2n) is 6.83. The van der Waals surface area contributed by atoms with E-state index in [9.17, 15) is 24.0 Å². The van der Waals surface area contributed by atoms with E-state index in [4.69, 9.17) is 0 Å². The van der Waals surface area contributed by atoms with Crippen LogP contribution in [0.5, 0.6) is 0 Å². The van der Waals surface area contributed by atoms with Gasteiger partial charge in [0.15, 0.2) is 5.82 Å².